The van der Waals surface area contributed by atoms with Gasteiger partial charge in [-0.2, -0.15) is 0 Å². The molecule has 1 atom stereocenters. The van der Waals surface area contributed by atoms with E-state index in [1.54, 1.807) is 11.8 Å². The first-order valence-electron chi connectivity index (χ1n) is 4.53. The molecule has 1 rings (SSSR count). The Bertz CT molecular complexity index is 346. The highest BCUT2D eigenvalue weighted by Gasteiger charge is 2.12. The summed E-state index contributed by atoms with van der Waals surface area (Å²) in [6.45, 7) is 1.85. The van der Waals surface area contributed by atoms with Gasteiger partial charge < -0.3 is 0 Å². The van der Waals surface area contributed by atoms with Gasteiger partial charge in [-0.3, -0.25) is 10.2 Å². The summed E-state index contributed by atoms with van der Waals surface area (Å²) in [7, 11) is 0. The summed E-state index contributed by atoms with van der Waals surface area (Å²) >= 11 is 5.09. The van der Waals surface area contributed by atoms with Gasteiger partial charge in [0.2, 0.25) is 5.91 Å². The van der Waals surface area contributed by atoms with Crippen LogP contribution in [0.1, 0.15) is 6.92 Å². The molecule has 3 nitrogen and oxygen atoms in total. The fourth-order valence-corrected chi connectivity index (χ4v) is 2.58. The van der Waals surface area contributed by atoms with E-state index in [9.17, 15) is 4.79 Å². The van der Waals surface area contributed by atoms with Gasteiger partial charge in [-0.05, 0) is 28.1 Å². The first kappa shape index (κ1) is 12.5. The molecule has 1 unspecified atom stereocenters. The first-order valence-corrected chi connectivity index (χ1v) is 6.30. The molecule has 1 aromatic carbocycles. The lowest BCUT2D eigenvalue weighted by Crippen LogP contribution is -2.35. The Morgan fingerprint density at radius 1 is 1.60 bits per heavy atom. The molecule has 0 spiro atoms. The number of nitrogens with one attached hydrogen (secondary N) is 1. The normalized spacial score (nSPS) is 12.2. The van der Waals surface area contributed by atoms with E-state index in [-0.39, 0.29) is 11.8 Å². The standard InChI is InChI=1S/C10H13BrN2OS/c1-7(10(14)13-12)6-15-9-5-3-2-4-8(9)11/h2-5,7H,6,12H2,1H3,(H,13,14). The number of hydrogen-bond donors (Lipinski definition) is 2. The van der Waals surface area contributed by atoms with E-state index >= 15 is 0 Å². The summed E-state index contributed by atoms with van der Waals surface area (Å²) in [5, 5.41) is 0. The van der Waals surface area contributed by atoms with E-state index in [4.69, 9.17) is 5.84 Å². The van der Waals surface area contributed by atoms with Crippen LogP contribution in [0.5, 0.6) is 0 Å². The summed E-state index contributed by atoms with van der Waals surface area (Å²) in [6.07, 6.45) is 0. The molecule has 0 aliphatic carbocycles. The molecule has 15 heavy (non-hydrogen) atoms. The second-order valence-electron chi connectivity index (χ2n) is 3.15. The third-order valence-electron chi connectivity index (χ3n) is 1.92. The van der Waals surface area contributed by atoms with Crippen LogP contribution >= 0.6 is 27.7 Å². The average Bonchev–Trinajstić information content (AvgIpc) is 2.26. The number of carbonyl (C=O) groups excluding carboxylic acids is 1. The maximum absolute atomic E-state index is 11.2. The summed E-state index contributed by atoms with van der Waals surface area (Å²) in [4.78, 5) is 12.3. The fraction of sp³-hybridized carbons (Fsp3) is 0.300. The average molecular weight is 289 g/mol. The molecule has 0 radical (unpaired) electrons. The van der Waals surface area contributed by atoms with Gasteiger partial charge >= 0.3 is 0 Å². The highest BCUT2D eigenvalue weighted by Crippen LogP contribution is 2.28. The number of amides is 1. The number of halogens is 1. The number of carbonyl (C=O) groups is 1. The Kier molecular flexibility index (Phi) is 5.14. The van der Waals surface area contributed by atoms with Crippen molar-refractivity contribution in [2.75, 3.05) is 5.75 Å². The first-order chi connectivity index (χ1) is 7.15. The summed E-state index contributed by atoms with van der Waals surface area (Å²) in [5.74, 6) is 5.55. The minimum Gasteiger partial charge on any atom is -0.294 e. The Morgan fingerprint density at radius 3 is 2.87 bits per heavy atom. The van der Waals surface area contributed by atoms with E-state index in [0.29, 0.717) is 5.75 Å². The third-order valence-corrected chi connectivity index (χ3v) is 4.20. The molecular weight excluding hydrogens is 276 g/mol. The Balaban J connectivity index is 2.50. The number of rotatable bonds is 4. The van der Waals surface area contributed by atoms with Crippen LogP contribution in [0.2, 0.25) is 0 Å². The van der Waals surface area contributed by atoms with Crippen molar-refractivity contribution in [3.8, 4) is 0 Å². The topological polar surface area (TPSA) is 55.1 Å². The zero-order valence-electron chi connectivity index (χ0n) is 8.37. The Morgan fingerprint density at radius 2 is 2.27 bits per heavy atom. The molecule has 0 bridgehead atoms. The quantitative estimate of drug-likeness (QED) is 0.386. The van der Waals surface area contributed by atoms with Crippen LogP contribution in [0.15, 0.2) is 33.6 Å². The second-order valence-corrected chi connectivity index (χ2v) is 5.07. The summed E-state index contributed by atoms with van der Waals surface area (Å²) in [5.41, 5.74) is 2.15. The van der Waals surface area contributed by atoms with Gasteiger partial charge in [0.15, 0.2) is 0 Å². The SMILES string of the molecule is CC(CSc1ccccc1Br)C(=O)NN. The molecule has 0 saturated carbocycles. The summed E-state index contributed by atoms with van der Waals surface area (Å²) < 4.78 is 1.05. The van der Waals surface area contributed by atoms with Crippen molar-refractivity contribution >= 4 is 33.6 Å². The molecule has 82 valence electrons. The lowest BCUT2D eigenvalue weighted by molar-refractivity contribution is -0.123. The zero-order valence-corrected chi connectivity index (χ0v) is 10.8. The second kappa shape index (κ2) is 6.15. The fourth-order valence-electron chi connectivity index (χ4n) is 0.995. The molecule has 1 amide bonds. The maximum Gasteiger partial charge on any atom is 0.237 e. The lowest BCUT2D eigenvalue weighted by atomic mass is 10.2. The molecule has 5 heteroatoms. The zero-order chi connectivity index (χ0) is 11.3. The van der Waals surface area contributed by atoms with E-state index < -0.39 is 0 Å². The molecule has 3 N–H and O–H groups in total. The lowest BCUT2D eigenvalue weighted by Gasteiger charge is -2.09. The Hall–Kier alpha value is -0.520. The van der Waals surface area contributed by atoms with Gasteiger partial charge in [0, 0.05) is 21.0 Å². The highest BCUT2D eigenvalue weighted by atomic mass is 79.9. The monoisotopic (exact) mass is 288 g/mol. The van der Waals surface area contributed by atoms with Crippen molar-refractivity contribution in [2.45, 2.75) is 11.8 Å². The van der Waals surface area contributed by atoms with Crippen molar-refractivity contribution in [2.24, 2.45) is 11.8 Å². The van der Waals surface area contributed by atoms with E-state index in [1.807, 2.05) is 31.2 Å². The van der Waals surface area contributed by atoms with Gasteiger partial charge in [-0.1, -0.05) is 19.1 Å². The van der Waals surface area contributed by atoms with E-state index in [0.717, 1.165) is 9.37 Å². The molecule has 0 aromatic heterocycles. The molecule has 1 aromatic rings. The largest absolute Gasteiger partial charge is 0.294 e. The summed E-state index contributed by atoms with van der Waals surface area (Å²) in [6, 6.07) is 7.93. The molecular formula is C10H13BrN2OS. The number of hydrogen-bond acceptors (Lipinski definition) is 3. The smallest absolute Gasteiger partial charge is 0.237 e. The predicted molar refractivity (Wildman–Crippen MR) is 66.4 cm³/mol. The predicted octanol–water partition coefficient (Wildman–Crippen LogP) is 2.17. The van der Waals surface area contributed by atoms with Crippen molar-refractivity contribution in [1.29, 1.82) is 0 Å². The van der Waals surface area contributed by atoms with Crippen LogP contribution in [-0.4, -0.2) is 11.7 Å². The molecule has 0 saturated heterocycles. The van der Waals surface area contributed by atoms with Gasteiger partial charge in [-0.25, -0.2) is 5.84 Å². The Labute approximate surface area is 102 Å². The van der Waals surface area contributed by atoms with Gasteiger partial charge in [0.05, 0.1) is 0 Å². The number of benzene rings is 1. The minimum atomic E-state index is -0.130. The van der Waals surface area contributed by atoms with Crippen LogP contribution < -0.4 is 11.3 Å². The van der Waals surface area contributed by atoms with E-state index in [2.05, 4.69) is 21.4 Å². The minimum absolute atomic E-state index is 0.0906. The van der Waals surface area contributed by atoms with Crippen molar-refractivity contribution in [3.05, 3.63) is 28.7 Å². The van der Waals surface area contributed by atoms with Crippen molar-refractivity contribution < 1.29 is 4.79 Å². The van der Waals surface area contributed by atoms with Crippen LogP contribution in [-0.2, 0) is 4.79 Å². The molecule has 0 aliphatic heterocycles. The molecule has 0 aliphatic rings. The maximum atomic E-state index is 11.2. The molecule has 0 fully saturated rings. The third kappa shape index (κ3) is 3.85. The van der Waals surface area contributed by atoms with Crippen molar-refractivity contribution in [1.82, 2.24) is 5.43 Å². The molecule has 0 heterocycles. The van der Waals surface area contributed by atoms with Crippen molar-refractivity contribution in [3.63, 3.8) is 0 Å². The van der Waals surface area contributed by atoms with Gasteiger partial charge in [0.25, 0.3) is 0 Å². The van der Waals surface area contributed by atoms with Crippen LogP contribution in [0.3, 0.4) is 0 Å². The highest BCUT2D eigenvalue weighted by molar-refractivity contribution is 9.10. The van der Waals surface area contributed by atoms with Crippen LogP contribution in [0.4, 0.5) is 0 Å². The number of hydrazine groups is 1. The van der Waals surface area contributed by atoms with Crippen LogP contribution in [0.25, 0.3) is 0 Å². The number of nitrogens with two attached hydrogens (primary N) is 1. The number of thioether (sulfide) groups is 1. The van der Waals surface area contributed by atoms with E-state index in [1.165, 1.54) is 0 Å². The van der Waals surface area contributed by atoms with Gasteiger partial charge in [0.1, 0.15) is 0 Å². The van der Waals surface area contributed by atoms with Crippen LogP contribution in [0, 0.1) is 5.92 Å². The van der Waals surface area contributed by atoms with Gasteiger partial charge in [-0.15, -0.1) is 11.8 Å².